The third kappa shape index (κ3) is 9.59. The van der Waals surface area contributed by atoms with Gasteiger partial charge in [-0.25, -0.2) is 13.2 Å². The van der Waals surface area contributed by atoms with Crippen molar-refractivity contribution < 1.29 is 48.2 Å². The molecule has 0 N–H and O–H groups in total. The van der Waals surface area contributed by atoms with E-state index >= 15 is 0 Å². The van der Waals surface area contributed by atoms with Crippen LogP contribution in [0.15, 0.2) is 0 Å². The minimum absolute atomic E-state index is 0. The molecule has 0 bridgehead atoms. The normalized spacial score (nSPS) is 15.3. The Morgan fingerprint density at radius 2 is 0.696 bits per heavy atom. The molecular formula is C17H13F5Zr. The van der Waals surface area contributed by atoms with Crippen molar-refractivity contribution in [3.63, 3.8) is 0 Å². The van der Waals surface area contributed by atoms with Crippen LogP contribution in [0.3, 0.4) is 0 Å². The Hall–Kier alpha value is -0.247. The molecule has 2 aliphatic rings. The summed E-state index contributed by atoms with van der Waals surface area (Å²) in [5, 5.41) is 0. The zero-order chi connectivity index (χ0) is 15.7. The van der Waals surface area contributed by atoms with Crippen LogP contribution in [0, 0.1) is 107 Å². The van der Waals surface area contributed by atoms with E-state index in [0.29, 0.717) is 0 Å². The van der Waals surface area contributed by atoms with E-state index in [9.17, 15) is 22.0 Å². The summed E-state index contributed by atoms with van der Waals surface area (Å²) in [6.07, 6.45) is 20.0. The van der Waals surface area contributed by atoms with Crippen LogP contribution in [0.1, 0.15) is 0 Å². The Labute approximate surface area is 155 Å². The fourth-order valence-electron chi connectivity index (χ4n) is 1.14. The predicted molar refractivity (Wildman–Crippen MR) is 74.5 cm³/mol. The van der Waals surface area contributed by atoms with Gasteiger partial charge in [0.15, 0.2) is 0 Å². The molecule has 0 aromatic heterocycles. The molecule has 0 nitrogen and oxygen atoms in total. The van der Waals surface area contributed by atoms with E-state index in [0.717, 1.165) is 6.07 Å². The second kappa shape index (κ2) is 14.1. The van der Waals surface area contributed by atoms with Crippen LogP contribution in [0.5, 0.6) is 0 Å². The maximum absolute atomic E-state index is 12.0. The van der Waals surface area contributed by atoms with Crippen LogP contribution >= 0.6 is 0 Å². The van der Waals surface area contributed by atoms with Gasteiger partial charge in [0.05, 0.1) is 29.1 Å². The first-order valence-electron chi connectivity index (χ1n) is 5.78. The fourth-order valence-corrected chi connectivity index (χ4v) is 1.14. The van der Waals surface area contributed by atoms with Crippen LogP contribution in [0.4, 0.5) is 22.0 Å². The van der Waals surface area contributed by atoms with E-state index in [1.165, 1.54) is 0 Å². The Kier molecular flexibility index (Phi) is 15.4. The summed E-state index contributed by atoms with van der Waals surface area (Å²) in [6.45, 7) is 0. The molecule has 2 saturated carbocycles. The molecule has 3 rings (SSSR count). The summed E-state index contributed by atoms with van der Waals surface area (Å²) in [5.74, 6) is -10.0. The molecule has 1 aromatic rings. The average Bonchev–Trinajstić information content (AvgIpc) is 3.20. The Morgan fingerprint density at radius 3 is 0.913 bits per heavy atom. The van der Waals surface area contributed by atoms with Crippen molar-refractivity contribution in [2.24, 2.45) is 0 Å². The molecule has 23 heavy (non-hydrogen) atoms. The van der Waals surface area contributed by atoms with Gasteiger partial charge in [0, 0.05) is 0 Å². The van der Waals surface area contributed by atoms with E-state index < -0.39 is 29.1 Å². The van der Waals surface area contributed by atoms with Gasteiger partial charge in [-0.2, -0.15) is 0 Å². The van der Waals surface area contributed by atoms with E-state index in [1.807, 2.05) is 64.2 Å². The number of rotatable bonds is 0. The molecule has 1 aromatic carbocycles. The molecule has 0 aliphatic heterocycles. The van der Waals surface area contributed by atoms with Gasteiger partial charge < -0.3 is 7.43 Å². The molecule has 0 saturated heterocycles. The van der Waals surface area contributed by atoms with E-state index in [4.69, 9.17) is 0 Å². The van der Waals surface area contributed by atoms with Crippen LogP contribution in [0.25, 0.3) is 0 Å². The van der Waals surface area contributed by atoms with Crippen molar-refractivity contribution >= 4 is 0 Å². The SMILES string of the molecule is Fc1[c-]c(F)c(F)c(F)c1F.[CH3-].[CH]1[CH][CH][CH][CH]1.[CH]1[CH][CH][CH][CH]1.[Zr+2]. The molecule has 2 fully saturated rings. The van der Waals surface area contributed by atoms with Crippen molar-refractivity contribution in [2.75, 3.05) is 0 Å². The fraction of sp³-hybridized carbons (Fsp3) is 0. The topological polar surface area (TPSA) is 0 Å². The first kappa shape index (κ1) is 25.0. The second-order valence-corrected chi connectivity index (χ2v) is 3.62. The van der Waals surface area contributed by atoms with Gasteiger partial charge in [-0.05, 0) is 64.2 Å². The Balaban J connectivity index is 0. The van der Waals surface area contributed by atoms with Crippen LogP contribution in [0.2, 0.25) is 0 Å². The molecule has 2 aliphatic carbocycles. The standard InChI is InChI=1S/C6F5.2C5H5.CH3.Zr/c7-2-1-3(8)5(10)6(11)4(2)9;2*1-2-4-5-3-1;;/h;2*1-5H;1H3;/q-1;;;-1;+2. The monoisotopic (exact) mass is 402 g/mol. The zero-order valence-corrected chi connectivity index (χ0v) is 14.6. The molecule has 0 spiro atoms. The molecule has 120 valence electrons. The van der Waals surface area contributed by atoms with Crippen LogP contribution in [-0.4, -0.2) is 0 Å². The van der Waals surface area contributed by atoms with E-state index in [2.05, 4.69) is 0 Å². The van der Waals surface area contributed by atoms with Gasteiger partial charge in [-0.1, -0.05) is 0 Å². The summed E-state index contributed by atoms with van der Waals surface area (Å²) in [6, 6.07) is 1.02. The van der Waals surface area contributed by atoms with Crippen molar-refractivity contribution in [1.29, 1.82) is 0 Å². The first-order chi connectivity index (χ1) is 10.0. The summed E-state index contributed by atoms with van der Waals surface area (Å²) >= 11 is 0. The van der Waals surface area contributed by atoms with Gasteiger partial charge in [-0.15, -0.1) is 6.07 Å². The quantitative estimate of drug-likeness (QED) is 0.256. The second-order valence-electron chi connectivity index (χ2n) is 3.62. The summed E-state index contributed by atoms with van der Waals surface area (Å²) in [5.41, 5.74) is 0. The summed E-state index contributed by atoms with van der Waals surface area (Å²) in [7, 11) is 0. The molecular weight excluding hydrogens is 390 g/mol. The molecule has 0 amide bonds. The van der Waals surface area contributed by atoms with Gasteiger partial charge >= 0.3 is 26.2 Å². The van der Waals surface area contributed by atoms with Gasteiger partial charge in [0.1, 0.15) is 0 Å². The minimum Gasteiger partial charge on any atom is -0.358 e. The molecule has 10 radical (unpaired) electrons. The third-order valence-electron chi connectivity index (χ3n) is 2.10. The number of hydrogen-bond acceptors (Lipinski definition) is 0. The third-order valence-corrected chi connectivity index (χ3v) is 2.10. The van der Waals surface area contributed by atoms with Gasteiger partial charge in [-0.3, -0.25) is 8.78 Å². The molecule has 0 atom stereocenters. The molecule has 0 unspecified atom stereocenters. The van der Waals surface area contributed by atoms with Crippen LogP contribution < -0.4 is 0 Å². The Morgan fingerprint density at radius 1 is 0.478 bits per heavy atom. The number of benzene rings is 1. The van der Waals surface area contributed by atoms with Crippen molar-refractivity contribution in [3.8, 4) is 0 Å². The predicted octanol–water partition coefficient (Wildman–Crippen LogP) is 4.67. The van der Waals surface area contributed by atoms with Gasteiger partial charge in [0.25, 0.3) is 0 Å². The van der Waals surface area contributed by atoms with Crippen molar-refractivity contribution in [1.82, 2.24) is 0 Å². The van der Waals surface area contributed by atoms with E-state index in [-0.39, 0.29) is 33.6 Å². The smallest absolute Gasteiger partial charge is 0.358 e. The molecule has 0 heterocycles. The summed E-state index contributed by atoms with van der Waals surface area (Å²) in [4.78, 5) is 0. The van der Waals surface area contributed by atoms with Crippen molar-refractivity contribution in [3.05, 3.63) is 107 Å². The van der Waals surface area contributed by atoms with E-state index in [1.54, 1.807) is 0 Å². The average molecular weight is 404 g/mol. The minimum atomic E-state index is -2.17. The largest absolute Gasteiger partial charge is 2.00 e. The maximum Gasteiger partial charge on any atom is 2.00 e. The van der Waals surface area contributed by atoms with Gasteiger partial charge in [0.2, 0.25) is 0 Å². The zero-order valence-electron chi connectivity index (χ0n) is 12.2. The number of halogens is 5. The first-order valence-corrected chi connectivity index (χ1v) is 5.78. The Bertz CT molecular complexity index is 378. The van der Waals surface area contributed by atoms with Crippen molar-refractivity contribution in [2.45, 2.75) is 0 Å². The number of hydrogen-bond donors (Lipinski definition) is 0. The van der Waals surface area contributed by atoms with Crippen LogP contribution in [-0.2, 0) is 26.2 Å². The summed E-state index contributed by atoms with van der Waals surface area (Å²) < 4.78 is 59.9. The molecule has 6 heteroatoms. The maximum atomic E-state index is 12.0.